The topological polar surface area (TPSA) is 41.6 Å². The van der Waals surface area contributed by atoms with Crippen LogP contribution in [-0.4, -0.2) is 31.6 Å². The zero-order valence-electron chi connectivity index (χ0n) is 10.3. The third kappa shape index (κ3) is 2.35. The molecule has 92 valence electrons. The number of amides is 2. The molecule has 1 aliphatic heterocycles. The van der Waals surface area contributed by atoms with E-state index in [0.29, 0.717) is 0 Å². The highest BCUT2D eigenvalue weighted by Crippen LogP contribution is 2.33. The predicted molar refractivity (Wildman–Crippen MR) is 66.1 cm³/mol. The highest BCUT2D eigenvalue weighted by Gasteiger charge is 2.29. The number of likely N-dealkylation sites (tertiary alicyclic amines) is 1. The molecule has 1 atom stereocenters. The van der Waals surface area contributed by atoms with E-state index in [2.05, 4.69) is 11.4 Å². The molecule has 0 spiro atoms. The molecule has 0 radical (unpaired) electrons. The van der Waals surface area contributed by atoms with Crippen LogP contribution in [0.3, 0.4) is 0 Å². The molecule has 1 aromatic carbocycles. The average Bonchev–Trinajstić information content (AvgIpc) is 2.87. The second kappa shape index (κ2) is 5.08. The minimum Gasteiger partial charge on any atom is -0.497 e. The van der Waals surface area contributed by atoms with E-state index in [0.717, 1.165) is 30.7 Å². The van der Waals surface area contributed by atoms with Crippen molar-refractivity contribution < 1.29 is 9.53 Å². The number of urea groups is 1. The fraction of sp³-hybridized carbons (Fsp3) is 0.462. The fourth-order valence-corrected chi connectivity index (χ4v) is 2.35. The number of hydrogen-bond donors (Lipinski definition) is 1. The van der Waals surface area contributed by atoms with Gasteiger partial charge >= 0.3 is 6.03 Å². The summed E-state index contributed by atoms with van der Waals surface area (Å²) >= 11 is 0. The maximum absolute atomic E-state index is 11.7. The SMILES string of the molecule is CNC(=O)N1CCCC1c1cccc(OC)c1. The van der Waals surface area contributed by atoms with Crippen molar-refractivity contribution in [1.82, 2.24) is 10.2 Å². The molecule has 0 aromatic heterocycles. The maximum Gasteiger partial charge on any atom is 0.317 e. The van der Waals surface area contributed by atoms with Crippen LogP contribution in [0.5, 0.6) is 5.75 Å². The highest BCUT2D eigenvalue weighted by molar-refractivity contribution is 5.74. The number of nitrogens with one attached hydrogen (secondary N) is 1. The lowest BCUT2D eigenvalue weighted by Crippen LogP contribution is -2.37. The molecule has 1 aromatic rings. The summed E-state index contributed by atoms with van der Waals surface area (Å²) in [6, 6.07) is 8.11. The first-order valence-corrected chi connectivity index (χ1v) is 5.88. The molecule has 0 aliphatic carbocycles. The Morgan fingerprint density at radius 3 is 3.06 bits per heavy atom. The molecular weight excluding hydrogens is 216 g/mol. The summed E-state index contributed by atoms with van der Waals surface area (Å²) in [6.45, 7) is 0.821. The summed E-state index contributed by atoms with van der Waals surface area (Å²) in [6.07, 6.45) is 2.07. The Morgan fingerprint density at radius 2 is 2.35 bits per heavy atom. The summed E-state index contributed by atoms with van der Waals surface area (Å²) in [5, 5.41) is 2.69. The maximum atomic E-state index is 11.7. The smallest absolute Gasteiger partial charge is 0.317 e. The molecule has 1 fully saturated rings. The number of benzene rings is 1. The first-order chi connectivity index (χ1) is 8.26. The average molecular weight is 234 g/mol. The van der Waals surface area contributed by atoms with Gasteiger partial charge in [-0.05, 0) is 30.5 Å². The Balaban J connectivity index is 2.22. The van der Waals surface area contributed by atoms with Crippen molar-refractivity contribution in [3.63, 3.8) is 0 Å². The van der Waals surface area contributed by atoms with E-state index < -0.39 is 0 Å². The molecule has 1 N–H and O–H groups in total. The van der Waals surface area contributed by atoms with Gasteiger partial charge < -0.3 is 15.0 Å². The summed E-state index contributed by atoms with van der Waals surface area (Å²) in [4.78, 5) is 13.6. The van der Waals surface area contributed by atoms with E-state index in [9.17, 15) is 4.79 Å². The normalized spacial score (nSPS) is 19.2. The second-order valence-electron chi connectivity index (χ2n) is 4.18. The van der Waals surface area contributed by atoms with Crippen LogP contribution in [0.25, 0.3) is 0 Å². The fourth-order valence-electron chi connectivity index (χ4n) is 2.35. The van der Waals surface area contributed by atoms with Gasteiger partial charge in [-0.2, -0.15) is 0 Å². The van der Waals surface area contributed by atoms with Crippen molar-refractivity contribution in [3.8, 4) is 5.75 Å². The van der Waals surface area contributed by atoms with E-state index in [-0.39, 0.29) is 12.1 Å². The molecule has 1 aliphatic rings. The zero-order chi connectivity index (χ0) is 12.3. The van der Waals surface area contributed by atoms with Crippen molar-refractivity contribution in [2.45, 2.75) is 18.9 Å². The van der Waals surface area contributed by atoms with Crippen LogP contribution in [0, 0.1) is 0 Å². The van der Waals surface area contributed by atoms with Crippen molar-refractivity contribution in [1.29, 1.82) is 0 Å². The van der Waals surface area contributed by atoms with Gasteiger partial charge in [0.05, 0.1) is 13.2 Å². The van der Waals surface area contributed by atoms with Crippen LogP contribution in [0.4, 0.5) is 4.79 Å². The van der Waals surface area contributed by atoms with Crippen molar-refractivity contribution >= 4 is 6.03 Å². The van der Waals surface area contributed by atoms with Crippen molar-refractivity contribution in [2.75, 3.05) is 20.7 Å². The van der Waals surface area contributed by atoms with Crippen molar-refractivity contribution in [2.24, 2.45) is 0 Å². The lowest BCUT2D eigenvalue weighted by molar-refractivity contribution is 0.195. The van der Waals surface area contributed by atoms with Gasteiger partial charge in [0.2, 0.25) is 0 Å². The minimum absolute atomic E-state index is 0.00433. The first kappa shape index (κ1) is 11.8. The lowest BCUT2D eigenvalue weighted by Gasteiger charge is -2.24. The van der Waals surface area contributed by atoms with Gasteiger partial charge in [0.1, 0.15) is 5.75 Å². The third-order valence-electron chi connectivity index (χ3n) is 3.21. The second-order valence-corrected chi connectivity index (χ2v) is 4.18. The van der Waals surface area contributed by atoms with Gasteiger partial charge in [-0.1, -0.05) is 12.1 Å². The Kier molecular flexibility index (Phi) is 3.52. The highest BCUT2D eigenvalue weighted by atomic mass is 16.5. The Morgan fingerprint density at radius 1 is 1.53 bits per heavy atom. The third-order valence-corrected chi connectivity index (χ3v) is 3.21. The summed E-state index contributed by atoms with van der Waals surface area (Å²) < 4.78 is 5.22. The Bertz CT molecular complexity index is 406. The van der Waals surface area contributed by atoms with Crippen LogP contribution in [0.1, 0.15) is 24.4 Å². The molecule has 0 saturated carbocycles. The molecule has 1 unspecified atom stereocenters. The van der Waals surface area contributed by atoms with E-state index in [1.54, 1.807) is 14.2 Å². The van der Waals surface area contributed by atoms with E-state index in [1.807, 2.05) is 23.1 Å². The molecule has 2 amide bonds. The minimum atomic E-state index is -0.00433. The van der Waals surface area contributed by atoms with Gasteiger partial charge in [-0.25, -0.2) is 4.79 Å². The molecule has 17 heavy (non-hydrogen) atoms. The number of ether oxygens (including phenoxy) is 1. The molecule has 2 rings (SSSR count). The number of methoxy groups -OCH3 is 1. The van der Waals surface area contributed by atoms with E-state index >= 15 is 0 Å². The van der Waals surface area contributed by atoms with Gasteiger partial charge in [-0.3, -0.25) is 0 Å². The number of nitrogens with zero attached hydrogens (tertiary/aromatic N) is 1. The summed E-state index contributed by atoms with van der Waals surface area (Å²) in [5.74, 6) is 0.839. The standard InChI is InChI=1S/C13H18N2O2/c1-14-13(16)15-8-4-7-12(15)10-5-3-6-11(9-10)17-2/h3,5-6,9,12H,4,7-8H2,1-2H3,(H,14,16). The summed E-state index contributed by atoms with van der Waals surface area (Å²) in [5.41, 5.74) is 1.14. The molecule has 1 heterocycles. The monoisotopic (exact) mass is 234 g/mol. The van der Waals surface area contributed by atoms with Gasteiger partial charge in [0.25, 0.3) is 0 Å². The molecular formula is C13H18N2O2. The van der Waals surface area contributed by atoms with Gasteiger partial charge in [-0.15, -0.1) is 0 Å². The van der Waals surface area contributed by atoms with Crippen LogP contribution in [0.15, 0.2) is 24.3 Å². The Hall–Kier alpha value is -1.71. The van der Waals surface area contributed by atoms with Crippen LogP contribution in [-0.2, 0) is 0 Å². The Labute approximate surface area is 102 Å². The van der Waals surface area contributed by atoms with Gasteiger partial charge in [0.15, 0.2) is 0 Å². The van der Waals surface area contributed by atoms with E-state index in [1.165, 1.54) is 0 Å². The van der Waals surface area contributed by atoms with Crippen LogP contribution < -0.4 is 10.1 Å². The van der Waals surface area contributed by atoms with E-state index in [4.69, 9.17) is 4.74 Å². The largest absolute Gasteiger partial charge is 0.497 e. The van der Waals surface area contributed by atoms with Gasteiger partial charge in [0, 0.05) is 13.6 Å². The number of carbonyl (C=O) groups is 1. The quantitative estimate of drug-likeness (QED) is 0.852. The molecule has 4 heteroatoms. The number of hydrogen-bond acceptors (Lipinski definition) is 2. The molecule has 4 nitrogen and oxygen atoms in total. The zero-order valence-corrected chi connectivity index (χ0v) is 10.3. The number of rotatable bonds is 2. The number of carbonyl (C=O) groups excluding carboxylic acids is 1. The summed E-state index contributed by atoms with van der Waals surface area (Å²) in [7, 11) is 3.33. The predicted octanol–water partition coefficient (Wildman–Crippen LogP) is 2.17. The van der Waals surface area contributed by atoms with Crippen molar-refractivity contribution in [3.05, 3.63) is 29.8 Å². The van der Waals surface area contributed by atoms with Crippen LogP contribution in [0.2, 0.25) is 0 Å². The van der Waals surface area contributed by atoms with Crippen LogP contribution >= 0.6 is 0 Å². The molecule has 1 saturated heterocycles. The lowest BCUT2D eigenvalue weighted by atomic mass is 10.0. The first-order valence-electron chi connectivity index (χ1n) is 5.88. The molecule has 0 bridgehead atoms.